The zero-order valence-electron chi connectivity index (χ0n) is 13.5. The number of hydrogen-bond acceptors (Lipinski definition) is 6. The predicted molar refractivity (Wildman–Crippen MR) is 84.7 cm³/mol. The molecule has 6 heteroatoms. The van der Waals surface area contributed by atoms with Crippen LogP contribution in [0.5, 0.6) is 6.01 Å². The lowest BCUT2D eigenvalue weighted by Crippen LogP contribution is -2.36. The number of anilines is 2. The van der Waals surface area contributed by atoms with Crippen molar-refractivity contribution in [1.29, 1.82) is 0 Å². The highest BCUT2D eigenvalue weighted by Gasteiger charge is 2.28. The molecule has 0 amide bonds. The van der Waals surface area contributed by atoms with Gasteiger partial charge < -0.3 is 15.4 Å². The molecule has 2 rings (SSSR count). The van der Waals surface area contributed by atoms with E-state index >= 15 is 0 Å². The number of rotatable bonds is 6. The maximum Gasteiger partial charge on any atom is 0.323 e. The Balaban J connectivity index is 2.14. The molecule has 2 unspecified atom stereocenters. The first kappa shape index (κ1) is 15.8. The Kier molecular flexibility index (Phi) is 5.59. The van der Waals surface area contributed by atoms with Gasteiger partial charge in [0, 0.05) is 13.1 Å². The van der Waals surface area contributed by atoms with Crippen LogP contribution in [0.15, 0.2) is 0 Å². The van der Waals surface area contributed by atoms with Crippen molar-refractivity contribution in [3.63, 3.8) is 0 Å². The lowest BCUT2D eigenvalue weighted by atomic mass is 9.78. The Morgan fingerprint density at radius 2 is 1.86 bits per heavy atom. The molecule has 1 aromatic rings. The van der Waals surface area contributed by atoms with Gasteiger partial charge in [-0.1, -0.05) is 26.7 Å². The summed E-state index contributed by atoms with van der Waals surface area (Å²) in [5.74, 6) is 2.48. The van der Waals surface area contributed by atoms with Crippen LogP contribution in [0.25, 0.3) is 0 Å². The highest BCUT2D eigenvalue weighted by molar-refractivity contribution is 5.36. The average Bonchev–Trinajstić information content (AvgIpc) is 2.47. The van der Waals surface area contributed by atoms with E-state index in [0.717, 1.165) is 0 Å². The van der Waals surface area contributed by atoms with E-state index in [-0.39, 0.29) is 0 Å². The quantitative estimate of drug-likeness (QED) is 0.840. The number of ether oxygens (including phenoxy) is 1. The fourth-order valence-electron chi connectivity index (χ4n) is 3.03. The Morgan fingerprint density at radius 3 is 2.52 bits per heavy atom. The van der Waals surface area contributed by atoms with Gasteiger partial charge >= 0.3 is 6.01 Å². The van der Waals surface area contributed by atoms with Crippen LogP contribution in [-0.4, -0.2) is 34.6 Å². The molecule has 0 radical (unpaired) electrons. The van der Waals surface area contributed by atoms with Crippen LogP contribution >= 0.6 is 0 Å². The molecule has 1 aliphatic carbocycles. The highest BCUT2D eigenvalue weighted by Crippen LogP contribution is 2.32. The SMILES string of the molecule is CCOc1nc(NC)nc(NC2CCCCC2C(C)C)n1. The summed E-state index contributed by atoms with van der Waals surface area (Å²) in [5.41, 5.74) is 0. The summed E-state index contributed by atoms with van der Waals surface area (Å²) in [6.45, 7) is 7.06. The standard InChI is InChI=1S/C15H27N5O/c1-5-21-15-19-13(16-4)18-14(20-15)17-12-9-7-6-8-11(12)10(2)3/h10-12H,5-9H2,1-4H3,(H2,16,17,18,19,20). The molecule has 21 heavy (non-hydrogen) atoms. The zero-order chi connectivity index (χ0) is 15.2. The van der Waals surface area contributed by atoms with Crippen molar-refractivity contribution in [3.05, 3.63) is 0 Å². The van der Waals surface area contributed by atoms with Gasteiger partial charge in [0.15, 0.2) is 0 Å². The lowest BCUT2D eigenvalue weighted by molar-refractivity contribution is 0.252. The monoisotopic (exact) mass is 293 g/mol. The summed E-state index contributed by atoms with van der Waals surface area (Å²) in [6, 6.07) is 0.802. The molecule has 0 spiro atoms. The summed E-state index contributed by atoms with van der Waals surface area (Å²) in [6.07, 6.45) is 5.04. The average molecular weight is 293 g/mol. The summed E-state index contributed by atoms with van der Waals surface area (Å²) >= 11 is 0. The van der Waals surface area contributed by atoms with Crippen molar-refractivity contribution in [2.75, 3.05) is 24.3 Å². The molecule has 6 nitrogen and oxygen atoms in total. The van der Waals surface area contributed by atoms with Gasteiger partial charge in [-0.25, -0.2) is 0 Å². The van der Waals surface area contributed by atoms with E-state index in [4.69, 9.17) is 4.74 Å². The molecular formula is C15H27N5O. The van der Waals surface area contributed by atoms with Crippen LogP contribution < -0.4 is 15.4 Å². The molecule has 118 valence electrons. The lowest BCUT2D eigenvalue weighted by Gasteiger charge is -2.34. The second kappa shape index (κ2) is 7.43. The molecular weight excluding hydrogens is 266 g/mol. The Labute approximate surface area is 127 Å². The first-order valence-corrected chi connectivity index (χ1v) is 7.97. The molecule has 0 aliphatic heterocycles. The van der Waals surface area contributed by atoms with Crippen molar-refractivity contribution in [2.24, 2.45) is 11.8 Å². The molecule has 0 bridgehead atoms. The first-order chi connectivity index (χ1) is 10.1. The van der Waals surface area contributed by atoms with Gasteiger partial charge in [-0.2, -0.15) is 15.0 Å². The molecule has 1 aromatic heterocycles. The normalized spacial score (nSPS) is 22.1. The Bertz CT molecular complexity index is 452. The van der Waals surface area contributed by atoms with Crippen LogP contribution in [0.1, 0.15) is 46.5 Å². The molecule has 1 fully saturated rings. The van der Waals surface area contributed by atoms with Crippen LogP contribution in [0.4, 0.5) is 11.9 Å². The molecule has 0 saturated heterocycles. The van der Waals surface area contributed by atoms with Crippen molar-refractivity contribution in [3.8, 4) is 6.01 Å². The number of hydrogen-bond donors (Lipinski definition) is 2. The summed E-state index contributed by atoms with van der Waals surface area (Å²) in [5, 5.41) is 6.46. The molecule has 2 atom stereocenters. The third-order valence-corrected chi connectivity index (χ3v) is 4.10. The topological polar surface area (TPSA) is 72.0 Å². The fourth-order valence-corrected chi connectivity index (χ4v) is 3.03. The van der Waals surface area contributed by atoms with E-state index in [1.54, 1.807) is 7.05 Å². The smallest absolute Gasteiger partial charge is 0.323 e. The fraction of sp³-hybridized carbons (Fsp3) is 0.800. The maximum absolute atomic E-state index is 5.41. The summed E-state index contributed by atoms with van der Waals surface area (Å²) in [7, 11) is 1.80. The molecule has 0 aromatic carbocycles. The minimum absolute atomic E-state index is 0.372. The van der Waals surface area contributed by atoms with Gasteiger partial charge in [0.1, 0.15) is 0 Å². The second-order valence-electron chi connectivity index (χ2n) is 5.89. The molecule has 1 saturated carbocycles. The van der Waals surface area contributed by atoms with Crippen molar-refractivity contribution in [2.45, 2.75) is 52.5 Å². The summed E-state index contributed by atoms with van der Waals surface area (Å²) < 4.78 is 5.41. The minimum Gasteiger partial charge on any atom is -0.464 e. The number of nitrogens with zero attached hydrogens (tertiary/aromatic N) is 3. The second-order valence-corrected chi connectivity index (χ2v) is 5.89. The molecule has 1 heterocycles. The van der Waals surface area contributed by atoms with Crippen LogP contribution in [0, 0.1) is 11.8 Å². The van der Waals surface area contributed by atoms with E-state index in [9.17, 15) is 0 Å². The third-order valence-electron chi connectivity index (χ3n) is 4.10. The van der Waals surface area contributed by atoms with E-state index in [1.165, 1.54) is 25.7 Å². The molecule has 2 N–H and O–H groups in total. The van der Waals surface area contributed by atoms with Gasteiger partial charge in [0.2, 0.25) is 11.9 Å². The van der Waals surface area contributed by atoms with Gasteiger partial charge in [-0.15, -0.1) is 0 Å². The molecule has 1 aliphatic rings. The van der Waals surface area contributed by atoms with Crippen molar-refractivity contribution < 1.29 is 4.74 Å². The van der Waals surface area contributed by atoms with E-state index in [1.807, 2.05) is 6.92 Å². The summed E-state index contributed by atoms with van der Waals surface area (Å²) in [4.78, 5) is 13.0. The van der Waals surface area contributed by atoms with Crippen LogP contribution in [0.3, 0.4) is 0 Å². The Hall–Kier alpha value is -1.59. The number of aromatic nitrogens is 3. The third kappa shape index (κ3) is 4.19. The number of nitrogens with one attached hydrogen (secondary N) is 2. The minimum atomic E-state index is 0.372. The predicted octanol–water partition coefficient (Wildman–Crippen LogP) is 2.94. The van der Waals surface area contributed by atoms with Gasteiger partial charge in [-0.05, 0) is 31.6 Å². The van der Waals surface area contributed by atoms with Gasteiger partial charge in [0.25, 0.3) is 0 Å². The van der Waals surface area contributed by atoms with Crippen LogP contribution in [-0.2, 0) is 0 Å². The first-order valence-electron chi connectivity index (χ1n) is 7.97. The van der Waals surface area contributed by atoms with E-state index in [0.29, 0.717) is 42.4 Å². The van der Waals surface area contributed by atoms with Crippen LogP contribution in [0.2, 0.25) is 0 Å². The van der Waals surface area contributed by atoms with Crippen molar-refractivity contribution in [1.82, 2.24) is 15.0 Å². The van der Waals surface area contributed by atoms with Crippen molar-refractivity contribution >= 4 is 11.9 Å². The van der Waals surface area contributed by atoms with E-state index in [2.05, 4.69) is 39.4 Å². The van der Waals surface area contributed by atoms with Gasteiger partial charge in [-0.3, -0.25) is 0 Å². The highest BCUT2D eigenvalue weighted by atomic mass is 16.5. The van der Waals surface area contributed by atoms with E-state index < -0.39 is 0 Å². The zero-order valence-corrected chi connectivity index (χ0v) is 13.5. The largest absolute Gasteiger partial charge is 0.464 e. The maximum atomic E-state index is 5.41. The van der Waals surface area contributed by atoms with Gasteiger partial charge in [0.05, 0.1) is 6.61 Å². The Morgan fingerprint density at radius 1 is 1.14 bits per heavy atom.